The van der Waals surface area contributed by atoms with E-state index in [4.69, 9.17) is 9.15 Å². The van der Waals surface area contributed by atoms with Crippen LogP contribution in [0.2, 0.25) is 0 Å². The predicted octanol–water partition coefficient (Wildman–Crippen LogP) is 2.37. The van der Waals surface area contributed by atoms with E-state index in [9.17, 15) is 4.79 Å². The number of furan rings is 1. The largest absolute Gasteiger partial charge is 0.461 e. The van der Waals surface area contributed by atoms with E-state index >= 15 is 0 Å². The van der Waals surface area contributed by atoms with Gasteiger partial charge in [-0.25, -0.2) is 4.79 Å². The van der Waals surface area contributed by atoms with Crippen molar-refractivity contribution in [1.29, 1.82) is 0 Å². The Kier molecular flexibility index (Phi) is 2.69. The van der Waals surface area contributed by atoms with Gasteiger partial charge >= 0.3 is 5.97 Å². The van der Waals surface area contributed by atoms with Crippen molar-refractivity contribution in [3.63, 3.8) is 0 Å². The summed E-state index contributed by atoms with van der Waals surface area (Å²) in [5, 5.41) is 0. The quantitative estimate of drug-likeness (QED) is 0.405. The third kappa shape index (κ3) is 2.33. The molecule has 0 aromatic carbocycles. The first-order valence-corrected chi connectivity index (χ1v) is 3.71. The van der Waals surface area contributed by atoms with Crippen molar-refractivity contribution < 1.29 is 13.9 Å². The average molecular weight is 178 g/mol. The maximum Gasteiger partial charge on any atom is 0.338 e. The fourth-order valence-corrected chi connectivity index (χ4v) is 0.687. The Hall–Kier alpha value is -1.77. The fourth-order valence-electron chi connectivity index (χ4n) is 0.687. The first-order valence-electron chi connectivity index (χ1n) is 3.71. The molecule has 13 heavy (non-hydrogen) atoms. The minimum Gasteiger partial charge on any atom is -0.461 e. The van der Waals surface area contributed by atoms with Crippen LogP contribution in [-0.4, -0.2) is 5.97 Å². The van der Waals surface area contributed by atoms with Gasteiger partial charge in [-0.2, -0.15) is 0 Å². The Balaban J connectivity index is 2.62. The van der Waals surface area contributed by atoms with Crippen molar-refractivity contribution in [2.24, 2.45) is 0 Å². The van der Waals surface area contributed by atoms with Crippen LogP contribution < -0.4 is 0 Å². The minimum atomic E-state index is -0.499. The van der Waals surface area contributed by atoms with E-state index in [1.807, 2.05) is 0 Å². The highest BCUT2D eigenvalue weighted by Crippen LogP contribution is 2.14. The van der Waals surface area contributed by atoms with Crippen LogP contribution >= 0.6 is 0 Å². The number of hydrogen-bond acceptors (Lipinski definition) is 3. The molecule has 0 N–H and O–H groups in total. The van der Waals surface area contributed by atoms with Gasteiger partial charge in [0.15, 0.2) is 11.5 Å². The molecule has 1 aromatic heterocycles. The molecule has 0 unspecified atom stereocenters. The number of carbonyl (C=O) groups is 1. The van der Waals surface area contributed by atoms with Crippen LogP contribution in [0.5, 0.6) is 0 Å². The third-order valence-electron chi connectivity index (χ3n) is 1.36. The number of ether oxygens (including phenoxy) is 1. The summed E-state index contributed by atoms with van der Waals surface area (Å²) >= 11 is 0. The topological polar surface area (TPSA) is 39.4 Å². The summed E-state index contributed by atoms with van der Waals surface area (Å²) in [6.45, 7) is 8.55. The highest BCUT2D eigenvalue weighted by Gasteiger charge is 2.09. The Morgan fingerprint density at radius 3 is 2.69 bits per heavy atom. The molecule has 0 aliphatic heterocycles. The Morgan fingerprint density at radius 2 is 2.23 bits per heavy atom. The summed E-state index contributed by atoms with van der Waals surface area (Å²) in [5.74, 6) is 0.133. The van der Waals surface area contributed by atoms with Crippen molar-refractivity contribution in [2.75, 3.05) is 0 Å². The van der Waals surface area contributed by atoms with E-state index in [0.29, 0.717) is 11.3 Å². The van der Waals surface area contributed by atoms with Gasteiger partial charge in [-0.05, 0) is 19.1 Å². The van der Waals surface area contributed by atoms with Crippen molar-refractivity contribution >= 4 is 11.7 Å². The molecule has 0 saturated carbocycles. The highest BCUT2D eigenvalue weighted by atomic mass is 16.5. The first kappa shape index (κ1) is 9.32. The second-order valence-electron chi connectivity index (χ2n) is 2.57. The van der Waals surface area contributed by atoms with Gasteiger partial charge in [0.1, 0.15) is 0 Å². The molecular weight excluding hydrogens is 168 g/mol. The van der Waals surface area contributed by atoms with Crippen LogP contribution in [0.25, 0.3) is 5.76 Å². The summed E-state index contributed by atoms with van der Waals surface area (Å²) in [4.78, 5) is 11.0. The molecule has 3 nitrogen and oxygen atoms in total. The molecule has 0 spiro atoms. The van der Waals surface area contributed by atoms with Gasteiger partial charge in [0.25, 0.3) is 0 Å². The Morgan fingerprint density at radius 1 is 1.54 bits per heavy atom. The average Bonchev–Trinajstić information content (AvgIpc) is 2.55. The molecule has 1 heterocycles. The number of hydrogen-bond donors (Lipinski definition) is 0. The monoisotopic (exact) mass is 178 g/mol. The lowest BCUT2D eigenvalue weighted by atomic mass is 10.3. The summed E-state index contributed by atoms with van der Waals surface area (Å²) in [5.41, 5.74) is 0.327. The molecule has 1 rings (SSSR count). The second-order valence-corrected chi connectivity index (χ2v) is 2.57. The minimum absolute atomic E-state index is 0.193. The highest BCUT2D eigenvalue weighted by molar-refractivity contribution is 5.90. The third-order valence-corrected chi connectivity index (χ3v) is 1.36. The molecule has 0 amide bonds. The van der Waals surface area contributed by atoms with Gasteiger partial charge < -0.3 is 9.15 Å². The molecule has 0 radical (unpaired) electrons. The van der Waals surface area contributed by atoms with Gasteiger partial charge in [-0.3, -0.25) is 0 Å². The van der Waals surface area contributed by atoms with Gasteiger partial charge in [-0.1, -0.05) is 13.2 Å². The van der Waals surface area contributed by atoms with Gasteiger partial charge in [0.2, 0.25) is 0 Å². The fraction of sp³-hybridized carbons (Fsp3) is 0.100. The summed E-state index contributed by atoms with van der Waals surface area (Å²) in [6.07, 6.45) is 1.48. The maximum absolute atomic E-state index is 11.0. The van der Waals surface area contributed by atoms with Crippen LogP contribution in [0.1, 0.15) is 12.7 Å². The van der Waals surface area contributed by atoms with E-state index in [2.05, 4.69) is 13.2 Å². The molecule has 0 aliphatic carbocycles. The van der Waals surface area contributed by atoms with E-state index in [-0.39, 0.29) is 5.76 Å². The zero-order valence-electron chi connectivity index (χ0n) is 7.37. The lowest BCUT2D eigenvalue weighted by molar-refractivity contribution is -0.132. The molecule has 1 aromatic rings. The van der Waals surface area contributed by atoms with Crippen molar-refractivity contribution in [2.45, 2.75) is 6.92 Å². The van der Waals surface area contributed by atoms with Crippen LogP contribution in [0.15, 0.2) is 41.5 Å². The van der Waals surface area contributed by atoms with Crippen molar-refractivity contribution in [1.82, 2.24) is 0 Å². The Bertz CT molecular complexity index is 333. The molecule has 0 atom stereocenters. The van der Waals surface area contributed by atoms with Crippen LogP contribution in [-0.2, 0) is 9.53 Å². The van der Waals surface area contributed by atoms with E-state index in [0.717, 1.165) is 0 Å². The standard InChI is InChI=1S/C10H10O3/c1-7(2)10(11)13-8(3)9-5-4-6-12-9/h4-6H,1,3H2,2H3. The predicted molar refractivity (Wildman–Crippen MR) is 48.6 cm³/mol. The summed E-state index contributed by atoms with van der Waals surface area (Å²) in [6, 6.07) is 3.35. The van der Waals surface area contributed by atoms with Crippen molar-refractivity contribution in [3.8, 4) is 0 Å². The smallest absolute Gasteiger partial charge is 0.338 e. The molecule has 3 heteroatoms. The molecular formula is C10H10O3. The van der Waals surface area contributed by atoms with Gasteiger partial charge in [0.05, 0.1) is 6.26 Å². The molecule has 68 valence electrons. The molecule has 0 bridgehead atoms. The second kappa shape index (κ2) is 3.76. The zero-order valence-corrected chi connectivity index (χ0v) is 7.37. The van der Waals surface area contributed by atoms with Crippen LogP contribution in [0, 0.1) is 0 Å². The molecule has 0 fully saturated rings. The normalized spacial score (nSPS) is 9.31. The first-order chi connectivity index (χ1) is 6.11. The van der Waals surface area contributed by atoms with Crippen LogP contribution in [0.3, 0.4) is 0 Å². The summed E-state index contributed by atoms with van der Waals surface area (Å²) < 4.78 is 9.80. The van der Waals surface area contributed by atoms with Gasteiger partial charge in [-0.15, -0.1) is 0 Å². The Labute approximate surface area is 76.3 Å². The number of carbonyl (C=O) groups excluding carboxylic acids is 1. The lowest BCUT2D eigenvalue weighted by Crippen LogP contribution is -2.02. The van der Waals surface area contributed by atoms with Crippen LogP contribution in [0.4, 0.5) is 0 Å². The van der Waals surface area contributed by atoms with E-state index < -0.39 is 5.97 Å². The number of esters is 1. The SMILES string of the molecule is C=C(C)C(=O)OC(=C)c1ccco1. The molecule has 0 aliphatic rings. The lowest BCUT2D eigenvalue weighted by Gasteiger charge is -2.03. The number of rotatable bonds is 3. The summed E-state index contributed by atoms with van der Waals surface area (Å²) in [7, 11) is 0. The molecule has 0 saturated heterocycles. The zero-order chi connectivity index (χ0) is 9.84. The van der Waals surface area contributed by atoms with Crippen molar-refractivity contribution in [3.05, 3.63) is 42.9 Å². The van der Waals surface area contributed by atoms with E-state index in [1.165, 1.54) is 6.26 Å². The van der Waals surface area contributed by atoms with Gasteiger partial charge in [0, 0.05) is 5.57 Å². The maximum atomic E-state index is 11.0. The van der Waals surface area contributed by atoms with E-state index in [1.54, 1.807) is 19.1 Å².